The maximum Gasteiger partial charge on any atom is 0.0992 e. The highest BCUT2D eigenvalue weighted by Crippen LogP contribution is 2.78. The molecular weight excluding hydrogens is 727 g/mol. The summed E-state index contributed by atoms with van der Waals surface area (Å²) in [6.45, 7) is 0. The molecule has 8 aliphatic rings. The number of para-hydroxylation sites is 2. The molecule has 0 heterocycles. The van der Waals surface area contributed by atoms with Gasteiger partial charge in [0.05, 0.1) is 29.0 Å². The van der Waals surface area contributed by atoms with Gasteiger partial charge in [0.2, 0.25) is 0 Å². The monoisotopic (exact) mass is 759 g/mol. The first-order chi connectivity index (χ1) is 29.7. The number of hydrogen-bond acceptors (Lipinski definition) is 3. The Kier molecular flexibility index (Phi) is 6.62. The van der Waals surface area contributed by atoms with Crippen molar-refractivity contribution in [1.82, 2.24) is 0 Å². The van der Waals surface area contributed by atoms with E-state index in [1.807, 2.05) is 12.1 Å². The van der Waals surface area contributed by atoms with Gasteiger partial charge in [-0.2, -0.15) is 10.5 Å². The Balaban J connectivity index is 1.21. The summed E-state index contributed by atoms with van der Waals surface area (Å²) in [4.78, 5) is 2.49. The van der Waals surface area contributed by atoms with E-state index < -0.39 is 5.41 Å². The molecule has 0 fully saturated rings. The van der Waals surface area contributed by atoms with Gasteiger partial charge in [-0.05, 0) is 126 Å². The lowest BCUT2D eigenvalue weighted by Crippen LogP contribution is -2.52. The number of allylic oxidation sites excluding steroid dienone is 21. The van der Waals surface area contributed by atoms with Gasteiger partial charge in [0.1, 0.15) is 0 Å². The Morgan fingerprint density at radius 3 is 1.47 bits per heavy atom. The summed E-state index contributed by atoms with van der Waals surface area (Å²) >= 11 is 0. The molecule has 0 saturated carbocycles. The molecule has 0 aliphatic heterocycles. The average molecular weight is 760 g/mol. The van der Waals surface area contributed by atoms with Crippen molar-refractivity contribution >= 4 is 28.1 Å². The number of rotatable bonds is 6. The summed E-state index contributed by atoms with van der Waals surface area (Å²) in [7, 11) is 0. The van der Waals surface area contributed by atoms with Crippen LogP contribution in [-0.4, -0.2) is 0 Å². The Labute approximate surface area is 348 Å². The van der Waals surface area contributed by atoms with Crippen LogP contribution in [0.25, 0.3) is 16.7 Å². The third-order valence-corrected chi connectivity index (χ3v) is 13.8. The van der Waals surface area contributed by atoms with Crippen LogP contribution < -0.4 is 4.90 Å². The molecule has 3 heteroatoms. The standard InChI is InChI=1S/C57H33N3/c58-32-34-29-35(33-59)31-38(30-34)51-45-23-21-41-49(36-13-5-1-6-14-36)43-25-27-47-54(43)57(52(41)45)53-42(22-24-46(51)53)50(37-15-7-2-8-16-37)44-26-28-48(55(44)57)56(47)60(39-17-9-3-10-18-39)40-19-11-4-12-20-40/h1-31,52,55H. The van der Waals surface area contributed by atoms with Gasteiger partial charge in [0, 0.05) is 34.2 Å². The SMILES string of the molecule is N#Cc1cc(C#N)cc(C2=C3C=CC4=C(c5ccccc5)C5=C6C(=C(N(c7ccccc7)c7ccccc7)C7=CC=C8C(c9ccccc9)=C9C=CC2=C9C6(C87)C34)C=C5)c1. The number of anilines is 2. The molecule has 5 aromatic carbocycles. The van der Waals surface area contributed by atoms with Crippen LogP contribution in [0.5, 0.6) is 0 Å². The first kappa shape index (κ1) is 33.0. The van der Waals surface area contributed by atoms with Crippen LogP contribution in [0.4, 0.5) is 11.4 Å². The van der Waals surface area contributed by atoms with Crippen molar-refractivity contribution in [1.29, 1.82) is 10.5 Å². The van der Waals surface area contributed by atoms with Crippen LogP contribution in [0.3, 0.4) is 0 Å². The quantitative estimate of drug-likeness (QED) is 0.173. The fraction of sp³-hybridized carbons (Fsp3) is 0.0526. The molecule has 0 N–H and O–H groups in total. The molecule has 5 aromatic rings. The highest BCUT2D eigenvalue weighted by Gasteiger charge is 2.68. The largest absolute Gasteiger partial charge is 0.310 e. The molecular formula is C57H33N3. The normalized spacial score (nSPS) is 23.0. The lowest BCUT2D eigenvalue weighted by molar-refractivity contribution is 0.270. The van der Waals surface area contributed by atoms with Crippen molar-refractivity contribution in [3.8, 4) is 12.1 Å². The number of hydrogen-bond donors (Lipinski definition) is 0. The summed E-state index contributed by atoms with van der Waals surface area (Å²) in [5.74, 6) is -0.0363. The zero-order valence-corrected chi connectivity index (χ0v) is 32.4. The molecule has 13 rings (SSSR count). The summed E-state index contributed by atoms with van der Waals surface area (Å²) < 4.78 is 0. The zero-order valence-electron chi connectivity index (χ0n) is 32.4. The molecule has 3 unspecified atom stereocenters. The number of benzene rings is 5. The van der Waals surface area contributed by atoms with Crippen LogP contribution in [0.2, 0.25) is 0 Å². The molecule has 60 heavy (non-hydrogen) atoms. The molecule has 0 amide bonds. The van der Waals surface area contributed by atoms with Gasteiger partial charge in [-0.25, -0.2) is 0 Å². The molecule has 0 radical (unpaired) electrons. The van der Waals surface area contributed by atoms with Gasteiger partial charge in [-0.15, -0.1) is 0 Å². The van der Waals surface area contributed by atoms with E-state index in [1.165, 1.54) is 83.7 Å². The van der Waals surface area contributed by atoms with Gasteiger partial charge < -0.3 is 4.90 Å². The Hall–Kier alpha value is -7.98. The molecule has 3 atom stereocenters. The molecule has 0 bridgehead atoms. The second kappa shape index (κ2) is 12.0. The van der Waals surface area contributed by atoms with Crippen molar-refractivity contribution in [3.63, 3.8) is 0 Å². The smallest absolute Gasteiger partial charge is 0.0992 e. The first-order valence-electron chi connectivity index (χ1n) is 20.6. The highest BCUT2D eigenvalue weighted by atomic mass is 15.2. The van der Waals surface area contributed by atoms with E-state index in [1.54, 1.807) is 6.07 Å². The van der Waals surface area contributed by atoms with Crippen LogP contribution >= 0.6 is 0 Å². The zero-order chi connectivity index (χ0) is 39.7. The van der Waals surface area contributed by atoms with E-state index in [9.17, 15) is 10.5 Å². The van der Waals surface area contributed by atoms with Crippen LogP contribution in [0.15, 0.2) is 250 Å². The van der Waals surface area contributed by atoms with Crippen LogP contribution in [0, 0.1) is 39.9 Å². The van der Waals surface area contributed by atoms with Gasteiger partial charge in [-0.1, -0.05) is 146 Å². The minimum atomic E-state index is -0.474. The van der Waals surface area contributed by atoms with E-state index in [2.05, 4.69) is 187 Å². The minimum Gasteiger partial charge on any atom is -0.310 e. The van der Waals surface area contributed by atoms with E-state index in [4.69, 9.17) is 0 Å². The predicted molar refractivity (Wildman–Crippen MR) is 239 cm³/mol. The fourth-order valence-corrected chi connectivity index (χ4v) is 12.0. The Morgan fingerprint density at radius 2 is 0.900 bits per heavy atom. The molecule has 1 spiro atoms. The van der Waals surface area contributed by atoms with E-state index in [-0.39, 0.29) is 11.8 Å². The lowest BCUT2D eigenvalue weighted by atomic mass is 9.42. The molecule has 3 nitrogen and oxygen atoms in total. The van der Waals surface area contributed by atoms with Crippen LogP contribution in [0.1, 0.15) is 27.8 Å². The Bertz CT molecular complexity index is 3220. The summed E-state index contributed by atoms with van der Waals surface area (Å²) in [5.41, 5.74) is 24.0. The maximum atomic E-state index is 10.2. The topological polar surface area (TPSA) is 50.8 Å². The molecule has 276 valence electrons. The molecule has 8 aliphatic carbocycles. The first-order valence-corrected chi connectivity index (χ1v) is 20.6. The lowest BCUT2D eigenvalue weighted by Gasteiger charge is -2.60. The predicted octanol–water partition coefficient (Wildman–Crippen LogP) is 12.6. The molecule has 0 aromatic heterocycles. The van der Waals surface area contributed by atoms with E-state index in [0.717, 1.165) is 22.5 Å². The summed E-state index contributed by atoms with van der Waals surface area (Å²) in [6, 6.07) is 53.9. The maximum absolute atomic E-state index is 10.2. The van der Waals surface area contributed by atoms with E-state index in [0.29, 0.717) is 11.1 Å². The van der Waals surface area contributed by atoms with Crippen molar-refractivity contribution in [2.24, 2.45) is 17.3 Å². The summed E-state index contributed by atoms with van der Waals surface area (Å²) in [6.07, 6.45) is 19.1. The van der Waals surface area contributed by atoms with Crippen LogP contribution in [-0.2, 0) is 0 Å². The fourth-order valence-electron chi connectivity index (χ4n) is 12.0. The van der Waals surface area contributed by atoms with Gasteiger partial charge in [-0.3, -0.25) is 0 Å². The van der Waals surface area contributed by atoms with Gasteiger partial charge in [0.15, 0.2) is 0 Å². The van der Waals surface area contributed by atoms with Crippen molar-refractivity contribution in [3.05, 3.63) is 277 Å². The molecule has 0 saturated heterocycles. The number of nitrogens with zero attached hydrogens (tertiary/aromatic N) is 3. The Morgan fingerprint density at radius 1 is 0.433 bits per heavy atom. The second-order valence-electron chi connectivity index (χ2n) is 16.5. The average Bonchev–Trinajstić information content (AvgIpc) is 4.14. The minimum absolute atomic E-state index is 0.00573. The third kappa shape index (κ3) is 4.06. The van der Waals surface area contributed by atoms with E-state index >= 15 is 0 Å². The van der Waals surface area contributed by atoms with Crippen molar-refractivity contribution in [2.45, 2.75) is 0 Å². The highest BCUT2D eigenvalue weighted by molar-refractivity contribution is 6.07. The summed E-state index contributed by atoms with van der Waals surface area (Å²) in [5, 5.41) is 20.5. The van der Waals surface area contributed by atoms with Crippen molar-refractivity contribution < 1.29 is 0 Å². The third-order valence-electron chi connectivity index (χ3n) is 13.8. The van der Waals surface area contributed by atoms with Gasteiger partial charge in [0.25, 0.3) is 0 Å². The number of nitriles is 2. The van der Waals surface area contributed by atoms with Gasteiger partial charge >= 0.3 is 0 Å². The second-order valence-corrected chi connectivity index (χ2v) is 16.5. The van der Waals surface area contributed by atoms with Crippen molar-refractivity contribution in [2.75, 3.05) is 4.90 Å².